The number of hydrogen-bond donors (Lipinski definition) is 0. The summed E-state index contributed by atoms with van der Waals surface area (Å²) in [6, 6.07) is 22.1. The molecule has 0 unspecified atom stereocenters. The van der Waals surface area contributed by atoms with Crippen LogP contribution >= 0.6 is 0 Å². The van der Waals surface area contributed by atoms with Crippen LogP contribution in [0.15, 0.2) is 194 Å². The van der Waals surface area contributed by atoms with Crippen molar-refractivity contribution in [2.24, 2.45) is 0 Å². The van der Waals surface area contributed by atoms with Crippen molar-refractivity contribution >= 4 is 43.7 Å². The Balaban J connectivity index is 2.26. The van der Waals surface area contributed by atoms with Gasteiger partial charge in [-0.1, -0.05) is 124 Å². The number of fused-ring (bicyclic) bond motifs is 5. The zero-order chi connectivity index (χ0) is 34.5. The number of benzene rings is 4. The summed E-state index contributed by atoms with van der Waals surface area (Å²) in [7, 11) is 0. The van der Waals surface area contributed by atoms with Crippen LogP contribution < -0.4 is 9.80 Å². The van der Waals surface area contributed by atoms with E-state index in [0.717, 1.165) is 51.4 Å². The van der Waals surface area contributed by atoms with E-state index in [1.807, 2.05) is 38.2 Å². The van der Waals surface area contributed by atoms with Gasteiger partial charge in [0.25, 0.3) is 0 Å². The maximum absolute atomic E-state index is 4.24. The fourth-order valence-corrected chi connectivity index (χ4v) is 6.10. The molecule has 0 bridgehead atoms. The molecule has 0 amide bonds. The second kappa shape index (κ2) is 17.4. The molecule has 0 aliphatic heterocycles. The Bertz CT molecular complexity index is 2050. The van der Waals surface area contributed by atoms with Crippen LogP contribution in [-0.4, -0.2) is 0 Å². The van der Waals surface area contributed by atoms with Crippen LogP contribution in [0.1, 0.15) is 41.0 Å². The molecule has 2 heteroatoms. The Morgan fingerprint density at radius 3 is 1.48 bits per heavy atom. The molecule has 0 saturated heterocycles. The molecule has 0 fully saturated rings. The molecule has 0 saturated carbocycles. The van der Waals surface area contributed by atoms with Gasteiger partial charge >= 0.3 is 0 Å². The molecule has 4 rings (SSSR count). The summed E-state index contributed by atoms with van der Waals surface area (Å²) in [5, 5.41) is 6.99. The smallest absolute Gasteiger partial charge is 0.0546 e. The molecule has 0 aliphatic carbocycles. The second-order valence-electron chi connectivity index (χ2n) is 11.1. The molecule has 0 atom stereocenters. The summed E-state index contributed by atoms with van der Waals surface area (Å²) in [6.07, 6.45) is 31.8. The third kappa shape index (κ3) is 7.35. The Kier molecular flexibility index (Phi) is 12.7. The van der Waals surface area contributed by atoms with Gasteiger partial charge in [-0.2, -0.15) is 0 Å². The van der Waals surface area contributed by atoms with Crippen LogP contribution in [0.25, 0.3) is 32.3 Å². The lowest BCUT2D eigenvalue weighted by molar-refractivity contribution is 1.14. The normalized spacial score (nSPS) is 13.6. The van der Waals surface area contributed by atoms with Crippen molar-refractivity contribution < 1.29 is 0 Å². The highest BCUT2D eigenvalue weighted by atomic mass is 15.2. The van der Waals surface area contributed by atoms with Crippen molar-refractivity contribution in [2.75, 3.05) is 9.80 Å². The van der Waals surface area contributed by atoms with Gasteiger partial charge in [-0.05, 0) is 110 Å². The minimum Gasteiger partial charge on any atom is -0.310 e. The first kappa shape index (κ1) is 35.3. The minimum absolute atomic E-state index is 0.920. The summed E-state index contributed by atoms with van der Waals surface area (Å²) in [6.45, 7) is 22.7. The fraction of sp³-hybridized carbons (Fsp3) is 0.130. The monoisotopic (exact) mass is 628 g/mol. The molecule has 48 heavy (non-hydrogen) atoms. The lowest BCUT2D eigenvalue weighted by Crippen LogP contribution is -2.21. The molecule has 4 aromatic carbocycles. The van der Waals surface area contributed by atoms with Crippen molar-refractivity contribution in [1.82, 2.24) is 0 Å². The number of hydrogen-bond acceptors (Lipinski definition) is 2. The van der Waals surface area contributed by atoms with Crippen molar-refractivity contribution in [3.63, 3.8) is 0 Å². The van der Waals surface area contributed by atoms with Gasteiger partial charge in [-0.15, -0.1) is 0 Å². The van der Waals surface area contributed by atoms with Gasteiger partial charge in [0.05, 0.1) is 11.4 Å². The quantitative estimate of drug-likeness (QED) is 0.101. The van der Waals surface area contributed by atoms with Crippen LogP contribution in [0, 0.1) is 0 Å². The highest BCUT2D eigenvalue weighted by Gasteiger charge is 2.22. The van der Waals surface area contributed by atoms with Gasteiger partial charge in [0.1, 0.15) is 0 Å². The van der Waals surface area contributed by atoms with Gasteiger partial charge < -0.3 is 9.80 Å². The van der Waals surface area contributed by atoms with Crippen LogP contribution in [0.5, 0.6) is 0 Å². The molecule has 0 aliphatic rings. The Hall–Kier alpha value is -5.60. The zero-order valence-corrected chi connectivity index (χ0v) is 29.2. The highest BCUT2D eigenvalue weighted by molar-refractivity contribution is 6.24. The molecular weight excluding hydrogens is 581 g/mol. The first-order valence-corrected chi connectivity index (χ1v) is 16.7. The Labute approximate surface area is 288 Å². The van der Waals surface area contributed by atoms with E-state index in [4.69, 9.17) is 0 Å². The molecule has 0 radical (unpaired) electrons. The molecule has 0 aromatic heterocycles. The molecule has 2 nitrogen and oxygen atoms in total. The highest BCUT2D eigenvalue weighted by Crippen LogP contribution is 2.44. The molecule has 242 valence electrons. The lowest BCUT2D eigenvalue weighted by Gasteiger charge is -2.31. The fourth-order valence-electron chi connectivity index (χ4n) is 6.10. The van der Waals surface area contributed by atoms with Crippen molar-refractivity contribution in [3.8, 4) is 0 Å². The SMILES string of the molecule is C=C/C=C(\C=C/CC)N(/C(C=C)=C/C=C\C)c1cc2c3ccccc3c(N(C(/C=C\C)=C/C)C(/C=C\C)=C/C=C)cc2c2ccccc12. The standard InChI is InChI=1S/C46H48N2/c1-9-17-27-36(16-8)48(38(26-14-6)28-18-10-2)46-34-44-39-29-19-21-31-41(39)45(33-43(44)40-30-20-22-32-42(40)46)47(35(15-7)23-11-3)37(24-12-4)25-13-5/h9,11-34H,4,6,8,10H2,1-3,5,7H3/b17-9-,23-11-,25-13-,28-18-,35-15+,36-27+,37-24+,38-26+. The summed E-state index contributed by atoms with van der Waals surface area (Å²) in [5.74, 6) is 0. The van der Waals surface area contributed by atoms with Gasteiger partial charge in [-0.25, -0.2) is 0 Å². The Morgan fingerprint density at radius 2 is 1.04 bits per heavy atom. The van der Waals surface area contributed by atoms with Crippen LogP contribution in [0.4, 0.5) is 11.4 Å². The van der Waals surface area contributed by atoms with E-state index in [2.05, 4.69) is 178 Å². The van der Waals surface area contributed by atoms with E-state index in [9.17, 15) is 0 Å². The van der Waals surface area contributed by atoms with Gasteiger partial charge in [-0.3, -0.25) is 0 Å². The Morgan fingerprint density at radius 1 is 0.562 bits per heavy atom. The maximum atomic E-state index is 4.24. The molecular formula is C46H48N2. The number of rotatable bonds is 14. The van der Waals surface area contributed by atoms with E-state index in [-0.39, 0.29) is 0 Å². The third-order valence-corrected chi connectivity index (χ3v) is 8.09. The van der Waals surface area contributed by atoms with Crippen LogP contribution in [0.3, 0.4) is 0 Å². The maximum Gasteiger partial charge on any atom is 0.0546 e. The van der Waals surface area contributed by atoms with Gasteiger partial charge in [0, 0.05) is 33.6 Å². The summed E-state index contributed by atoms with van der Waals surface area (Å²) >= 11 is 0. The predicted octanol–water partition coefficient (Wildman–Crippen LogP) is 13.6. The molecule has 0 heterocycles. The zero-order valence-electron chi connectivity index (χ0n) is 29.2. The number of nitrogens with zero attached hydrogens (tertiary/aromatic N) is 2. The van der Waals surface area contributed by atoms with Crippen molar-refractivity contribution in [3.05, 3.63) is 194 Å². The van der Waals surface area contributed by atoms with E-state index in [0.29, 0.717) is 0 Å². The number of allylic oxidation sites excluding steroid dienone is 15. The molecule has 0 spiro atoms. The lowest BCUT2D eigenvalue weighted by atomic mass is 9.93. The first-order valence-electron chi connectivity index (χ1n) is 16.7. The summed E-state index contributed by atoms with van der Waals surface area (Å²) in [5.41, 5.74) is 6.25. The average Bonchev–Trinajstić information content (AvgIpc) is 3.11. The average molecular weight is 629 g/mol. The number of anilines is 2. The van der Waals surface area contributed by atoms with E-state index >= 15 is 0 Å². The minimum atomic E-state index is 0.920. The molecule has 0 N–H and O–H groups in total. The summed E-state index contributed by atoms with van der Waals surface area (Å²) in [4.78, 5) is 4.62. The van der Waals surface area contributed by atoms with Crippen LogP contribution in [0.2, 0.25) is 0 Å². The molecule has 4 aromatic rings. The predicted molar refractivity (Wildman–Crippen MR) is 216 cm³/mol. The topological polar surface area (TPSA) is 6.48 Å². The largest absolute Gasteiger partial charge is 0.310 e. The van der Waals surface area contributed by atoms with Crippen molar-refractivity contribution in [1.29, 1.82) is 0 Å². The van der Waals surface area contributed by atoms with E-state index < -0.39 is 0 Å². The summed E-state index contributed by atoms with van der Waals surface area (Å²) < 4.78 is 0. The van der Waals surface area contributed by atoms with Crippen molar-refractivity contribution in [2.45, 2.75) is 41.0 Å². The second-order valence-corrected chi connectivity index (χ2v) is 11.1. The van der Waals surface area contributed by atoms with E-state index in [1.54, 1.807) is 0 Å². The third-order valence-electron chi connectivity index (χ3n) is 8.09. The van der Waals surface area contributed by atoms with Gasteiger partial charge in [0.2, 0.25) is 0 Å². The first-order chi connectivity index (χ1) is 23.5. The van der Waals surface area contributed by atoms with Gasteiger partial charge in [0.15, 0.2) is 0 Å². The van der Waals surface area contributed by atoms with Crippen LogP contribution in [-0.2, 0) is 0 Å². The van der Waals surface area contributed by atoms with E-state index in [1.165, 1.54) is 21.5 Å².